The number of halogens is 2. The van der Waals surface area contributed by atoms with Crippen molar-refractivity contribution in [3.8, 4) is 0 Å². The van der Waals surface area contributed by atoms with Gasteiger partial charge in [-0.25, -0.2) is 4.39 Å². The molecule has 3 rings (SSSR count). The maximum absolute atomic E-state index is 13.8. The third kappa shape index (κ3) is 2.07. The van der Waals surface area contributed by atoms with E-state index in [1.165, 1.54) is 0 Å². The molecule has 2 saturated heterocycles. The highest BCUT2D eigenvalue weighted by Crippen LogP contribution is 2.46. The number of benzene rings is 1. The van der Waals surface area contributed by atoms with E-state index in [1.807, 2.05) is 13.8 Å². The Hall–Kier alpha value is -1.76. The van der Waals surface area contributed by atoms with Crippen LogP contribution >= 0.6 is 0 Å². The fourth-order valence-corrected chi connectivity index (χ4v) is 3.77. The lowest BCUT2D eigenvalue weighted by molar-refractivity contribution is -0.386. The van der Waals surface area contributed by atoms with Crippen molar-refractivity contribution in [3.63, 3.8) is 0 Å². The SMILES string of the molecule is CC1(C)C2CNCC2CN1c1cc(F)cc(F)c1[N+](=O)[O-]. The van der Waals surface area contributed by atoms with Gasteiger partial charge in [0.25, 0.3) is 0 Å². The number of nitro groups is 1. The highest BCUT2D eigenvalue weighted by atomic mass is 19.1. The van der Waals surface area contributed by atoms with E-state index in [0.29, 0.717) is 24.4 Å². The second-order valence-electron chi connectivity index (χ2n) is 6.30. The van der Waals surface area contributed by atoms with Crippen molar-refractivity contribution in [1.82, 2.24) is 5.32 Å². The molecule has 0 saturated carbocycles. The molecular weight excluding hydrogens is 280 g/mol. The van der Waals surface area contributed by atoms with Crippen LogP contribution in [0.25, 0.3) is 0 Å². The maximum Gasteiger partial charge on any atom is 0.328 e. The number of hydrogen-bond acceptors (Lipinski definition) is 4. The fraction of sp³-hybridized carbons (Fsp3) is 0.571. The molecule has 2 aliphatic heterocycles. The Morgan fingerprint density at radius 1 is 1.38 bits per heavy atom. The van der Waals surface area contributed by atoms with Gasteiger partial charge in [-0.1, -0.05) is 0 Å². The molecule has 1 aromatic carbocycles. The zero-order chi connectivity index (χ0) is 15.4. The average Bonchev–Trinajstić information content (AvgIpc) is 2.90. The minimum Gasteiger partial charge on any atom is -0.360 e. The van der Waals surface area contributed by atoms with Crippen molar-refractivity contribution in [1.29, 1.82) is 0 Å². The minimum atomic E-state index is -1.12. The quantitative estimate of drug-likeness (QED) is 0.672. The summed E-state index contributed by atoms with van der Waals surface area (Å²) in [4.78, 5) is 12.2. The monoisotopic (exact) mass is 297 g/mol. The van der Waals surface area contributed by atoms with Gasteiger partial charge in [0.05, 0.1) is 4.92 Å². The van der Waals surface area contributed by atoms with Gasteiger partial charge in [0, 0.05) is 37.3 Å². The average molecular weight is 297 g/mol. The molecule has 1 N–H and O–H groups in total. The molecule has 0 aromatic heterocycles. The molecule has 0 spiro atoms. The van der Waals surface area contributed by atoms with Crippen molar-refractivity contribution in [2.75, 3.05) is 24.5 Å². The zero-order valence-electron chi connectivity index (χ0n) is 11.9. The van der Waals surface area contributed by atoms with Gasteiger partial charge in [0.1, 0.15) is 11.5 Å². The molecule has 5 nitrogen and oxygen atoms in total. The van der Waals surface area contributed by atoms with Crippen LogP contribution in [0.2, 0.25) is 0 Å². The molecule has 0 aliphatic carbocycles. The first kappa shape index (κ1) is 14.2. The second-order valence-corrected chi connectivity index (χ2v) is 6.30. The Labute approximate surface area is 121 Å². The first-order valence-electron chi connectivity index (χ1n) is 6.94. The van der Waals surface area contributed by atoms with Gasteiger partial charge in [-0.15, -0.1) is 0 Å². The number of fused-ring (bicyclic) bond motifs is 1. The van der Waals surface area contributed by atoms with Gasteiger partial charge < -0.3 is 10.2 Å². The Kier molecular flexibility index (Phi) is 3.12. The summed E-state index contributed by atoms with van der Waals surface area (Å²) in [6, 6.07) is 1.63. The molecule has 2 fully saturated rings. The van der Waals surface area contributed by atoms with Crippen LogP contribution in [0.4, 0.5) is 20.2 Å². The highest BCUT2D eigenvalue weighted by Gasteiger charge is 2.51. The third-order valence-electron chi connectivity index (χ3n) is 4.84. The number of nitrogens with zero attached hydrogens (tertiary/aromatic N) is 2. The summed E-state index contributed by atoms with van der Waals surface area (Å²) in [6.07, 6.45) is 0. The summed E-state index contributed by atoms with van der Waals surface area (Å²) in [6.45, 7) is 6.15. The summed E-state index contributed by atoms with van der Waals surface area (Å²) in [7, 11) is 0. The summed E-state index contributed by atoms with van der Waals surface area (Å²) in [5.74, 6) is -1.27. The van der Waals surface area contributed by atoms with Gasteiger partial charge in [-0.2, -0.15) is 4.39 Å². The minimum absolute atomic E-state index is 0.0388. The third-order valence-corrected chi connectivity index (χ3v) is 4.84. The molecule has 2 atom stereocenters. The predicted octanol–water partition coefficient (Wildman–Crippen LogP) is 2.31. The summed E-state index contributed by atoms with van der Waals surface area (Å²) >= 11 is 0. The molecule has 0 amide bonds. The van der Waals surface area contributed by atoms with Crippen LogP contribution in [-0.4, -0.2) is 30.1 Å². The molecule has 1 aromatic rings. The molecule has 21 heavy (non-hydrogen) atoms. The summed E-state index contributed by atoms with van der Waals surface area (Å²) in [5, 5.41) is 14.5. The van der Waals surface area contributed by atoms with Crippen molar-refractivity contribution in [2.24, 2.45) is 11.8 Å². The van der Waals surface area contributed by atoms with Crippen LogP contribution in [0.5, 0.6) is 0 Å². The Bertz CT molecular complexity index is 606. The van der Waals surface area contributed by atoms with Crippen LogP contribution in [0.15, 0.2) is 12.1 Å². The fourth-order valence-electron chi connectivity index (χ4n) is 3.77. The second kappa shape index (κ2) is 4.62. The van der Waals surface area contributed by atoms with E-state index in [4.69, 9.17) is 0 Å². The largest absolute Gasteiger partial charge is 0.360 e. The van der Waals surface area contributed by atoms with Gasteiger partial charge in [0.2, 0.25) is 5.82 Å². The van der Waals surface area contributed by atoms with Gasteiger partial charge in [0.15, 0.2) is 0 Å². The molecule has 114 valence electrons. The van der Waals surface area contributed by atoms with Gasteiger partial charge >= 0.3 is 5.69 Å². The molecular formula is C14H17F2N3O2. The smallest absolute Gasteiger partial charge is 0.328 e. The Morgan fingerprint density at radius 2 is 2.10 bits per heavy atom. The highest BCUT2D eigenvalue weighted by molar-refractivity contribution is 5.66. The van der Waals surface area contributed by atoms with Crippen molar-refractivity contribution in [2.45, 2.75) is 19.4 Å². The number of rotatable bonds is 2. The molecule has 0 bridgehead atoms. The van der Waals surface area contributed by atoms with Crippen molar-refractivity contribution < 1.29 is 13.7 Å². The lowest BCUT2D eigenvalue weighted by Gasteiger charge is -2.37. The van der Waals surface area contributed by atoms with Gasteiger partial charge in [-0.05, 0) is 25.7 Å². The van der Waals surface area contributed by atoms with E-state index in [1.54, 1.807) is 4.90 Å². The van der Waals surface area contributed by atoms with Gasteiger partial charge in [-0.3, -0.25) is 10.1 Å². The molecule has 2 heterocycles. The van der Waals surface area contributed by atoms with E-state index in [-0.39, 0.29) is 11.2 Å². The Balaban J connectivity index is 2.11. The van der Waals surface area contributed by atoms with Crippen LogP contribution in [0, 0.1) is 33.6 Å². The van der Waals surface area contributed by atoms with E-state index >= 15 is 0 Å². The van der Waals surface area contributed by atoms with Crippen LogP contribution in [-0.2, 0) is 0 Å². The summed E-state index contributed by atoms with van der Waals surface area (Å²) in [5.41, 5.74) is -0.992. The molecule has 2 unspecified atom stereocenters. The number of anilines is 1. The van der Waals surface area contributed by atoms with Crippen molar-refractivity contribution >= 4 is 11.4 Å². The van der Waals surface area contributed by atoms with E-state index < -0.39 is 22.2 Å². The number of hydrogen-bond donors (Lipinski definition) is 1. The maximum atomic E-state index is 13.8. The lowest BCUT2D eigenvalue weighted by atomic mass is 9.84. The van der Waals surface area contributed by atoms with Crippen molar-refractivity contribution in [3.05, 3.63) is 33.9 Å². The zero-order valence-corrected chi connectivity index (χ0v) is 11.9. The topological polar surface area (TPSA) is 58.4 Å². The standard InChI is InChI=1S/C14H17F2N3O2/c1-14(2)10-6-17-5-8(10)7-18(14)12-4-9(15)3-11(16)13(12)19(20)21/h3-4,8,10,17H,5-7H2,1-2H3. The molecule has 2 aliphatic rings. The van der Waals surface area contributed by atoms with E-state index in [0.717, 1.165) is 19.2 Å². The van der Waals surface area contributed by atoms with Crippen LogP contribution in [0.1, 0.15) is 13.8 Å². The van der Waals surface area contributed by atoms with Crippen LogP contribution in [0.3, 0.4) is 0 Å². The molecule has 7 heteroatoms. The first-order valence-corrected chi connectivity index (χ1v) is 6.94. The van der Waals surface area contributed by atoms with Crippen LogP contribution < -0.4 is 10.2 Å². The normalized spacial score (nSPS) is 27.0. The Morgan fingerprint density at radius 3 is 2.71 bits per heavy atom. The predicted molar refractivity (Wildman–Crippen MR) is 74.3 cm³/mol. The number of nitro benzene ring substituents is 1. The van der Waals surface area contributed by atoms with E-state index in [9.17, 15) is 18.9 Å². The number of nitrogens with one attached hydrogen (secondary N) is 1. The van der Waals surface area contributed by atoms with E-state index in [2.05, 4.69) is 5.32 Å². The lowest BCUT2D eigenvalue weighted by Crippen LogP contribution is -2.45. The molecule has 0 radical (unpaired) electrons. The first-order chi connectivity index (χ1) is 9.82. The summed E-state index contributed by atoms with van der Waals surface area (Å²) < 4.78 is 27.4.